The third-order valence-electron chi connectivity index (χ3n) is 3.20. The molecule has 1 aliphatic heterocycles. The minimum Gasteiger partial charge on any atom is -0.368 e. The van der Waals surface area contributed by atoms with E-state index in [1.165, 1.54) is 24.8 Å². The van der Waals surface area contributed by atoms with E-state index in [1.807, 2.05) is 0 Å². The molecular weight excluding hydrogens is 136 g/mol. The molecule has 2 atom stereocenters. The smallest absolute Gasteiger partial charge is 0.0793 e. The van der Waals surface area contributed by atoms with Gasteiger partial charge in [-0.15, -0.1) is 0 Å². The van der Waals surface area contributed by atoms with Gasteiger partial charge in [-0.1, -0.05) is 6.58 Å². The highest BCUT2D eigenvalue weighted by Crippen LogP contribution is 2.45. The van der Waals surface area contributed by atoms with Crippen molar-refractivity contribution in [2.24, 2.45) is 5.92 Å². The predicted octanol–water partition coefficient (Wildman–Crippen LogP) is 2.52. The Morgan fingerprint density at radius 2 is 2.27 bits per heavy atom. The second kappa shape index (κ2) is 2.10. The van der Waals surface area contributed by atoms with Gasteiger partial charge in [-0.25, -0.2) is 0 Å². The van der Waals surface area contributed by atoms with E-state index in [1.54, 1.807) is 0 Å². The second-order valence-electron chi connectivity index (χ2n) is 4.34. The Kier molecular flexibility index (Phi) is 1.40. The van der Waals surface area contributed by atoms with Crippen LogP contribution in [0, 0.1) is 5.92 Å². The quantitative estimate of drug-likeness (QED) is 0.485. The second-order valence-corrected chi connectivity index (χ2v) is 4.34. The van der Waals surface area contributed by atoms with Crippen LogP contribution in [0.5, 0.6) is 0 Å². The number of hydrogen-bond donors (Lipinski definition) is 0. The first-order valence-corrected chi connectivity index (χ1v) is 4.45. The fraction of sp³-hybridized carbons (Fsp3) is 0.800. The fourth-order valence-corrected chi connectivity index (χ4v) is 2.29. The van der Waals surface area contributed by atoms with Gasteiger partial charge in [0.2, 0.25) is 0 Å². The average molecular weight is 152 g/mol. The zero-order valence-electron chi connectivity index (χ0n) is 7.39. The van der Waals surface area contributed by atoms with Gasteiger partial charge in [-0.3, -0.25) is 0 Å². The molecule has 0 spiro atoms. The Hall–Kier alpha value is -0.300. The van der Waals surface area contributed by atoms with Crippen molar-refractivity contribution in [1.82, 2.24) is 0 Å². The van der Waals surface area contributed by atoms with Gasteiger partial charge in [0.25, 0.3) is 0 Å². The SMILES string of the molecule is C=C1CC[C@@H]2C[C@H]1OC2(C)C. The molecular formula is C10H16O. The molecule has 2 fully saturated rings. The van der Waals surface area contributed by atoms with Crippen molar-refractivity contribution >= 4 is 0 Å². The van der Waals surface area contributed by atoms with E-state index < -0.39 is 0 Å². The highest BCUT2D eigenvalue weighted by atomic mass is 16.5. The molecule has 0 radical (unpaired) electrons. The number of fused-ring (bicyclic) bond motifs is 2. The molecule has 1 nitrogen and oxygen atoms in total. The summed E-state index contributed by atoms with van der Waals surface area (Å²) >= 11 is 0. The van der Waals surface area contributed by atoms with Crippen molar-refractivity contribution in [3.8, 4) is 0 Å². The summed E-state index contributed by atoms with van der Waals surface area (Å²) in [5, 5.41) is 0. The molecule has 0 N–H and O–H groups in total. The maximum absolute atomic E-state index is 5.89. The Labute approximate surface area is 68.4 Å². The largest absolute Gasteiger partial charge is 0.368 e. The van der Waals surface area contributed by atoms with Crippen LogP contribution in [-0.2, 0) is 4.74 Å². The lowest BCUT2D eigenvalue weighted by atomic mass is 9.80. The molecule has 0 aromatic carbocycles. The van der Waals surface area contributed by atoms with Gasteiger partial charge in [-0.05, 0) is 44.6 Å². The van der Waals surface area contributed by atoms with Gasteiger partial charge in [0, 0.05) is 0 Å². The number of hydrogen-bond acceptors (Lipinski definition) is 1. The van der Waals surface area contributed by atoms with Crippen LogP contribution in [0.15, 0.2) is 12.2 Å². The molecule has 0 amide bonds. The standard InChI is InChI=1S/C10H16O/c1-7-4-5-8-6-9(7)11-10(8,2)3/h8-9H,1,4-6H2,2-3H3/t8-,9-/m1/s1. The molecule has 1 heteroatoms. The van der Waals surface area contributed by atoms with E-state index in [-0.39, 0.29) is 5.60 Å². The molecule has 1 saturated carbocycles. The van der Waals surface area contributed by atoms with Crippen LogP contribution < -0.4 is 0 Å². The highest BCUT2D eigenvalue weighted by molar-refractivity contribution is 5.13. The Morgan fingerprint density at radius 1 is 1.55 bits per heavy atom. The Morgan fingerprint density at radius 3 is 2.91 bits per heavy atom. The van der Waals surface area contributed by atoms with Crippen molar-refractivity contribution in [3.05, 3.63) is 12.2 Å². The van der Waals surface area contributed by atoms with Crippen molar-refractivity contribution in [2.45, 2.75) is 44.8 Å². The first-order valence-electron chi connectivity index (χ1n) is 4.45. The van der Waals surface area contributed by atoms with E-state index in [0.717, 1.165) is 5.92 Å². The summed E-state index contributed by atoms with van der Waals surface area (Å²) in [5.41, 5.74) is 1.43. The zero-order chi connectivity index (χ0) is 8.06. The molecule has 11 heavy (non-hydrogen) atoms. The topological polar surface area (TPSA) is 9.23 Å². The molecule has 1 saturated heterocycles. The molecule has 2 aliphatic rings. The van der Waals surface area contributed by atoms with Crippen LogP contribution in [0.4, 0.5) is 0 Å². The fourth-order valence-electron chi connectivity index (χ4n) is 2.29. The lowest BCUT2D eigenvalue weighted by Gasteiger charge is -2.24. The summed E-state index contributed by atoms with van der Waals surface area (Å²) in [4.78, 5) is 0. The highest BCUT2D eigenvalue weighted by Gasteiger charge is 2.44. The zero-order valence-corrected chi connectivity index (χ0v) is 7.39. The van der Waals surface area contributed by atoms with Crippen LogP contribution >= 0.6 is 0 Å². The van der Waals surface area contributed by atoms with E-state index >= 15 is 0 Å². The molecule has 1 heterocycles. The Bertz CT molecular complexity index is 193. The van der Waals surface area contributed by atoms with Gasteiger partial charge in [-0.2, -0.15) is 0 Å². The summed E-state index contributed by atoms with van der Waals surface area (Å²) in [7, 11) is 0. The van der Waals surface area contributed by atoms with Gasteiger partial charge in [0.05, 0.1) is 11.7 Å². The van der Waals surface area contributed by atoms with Gasteiger partial charge in [0.1, 0.15) is 0 Å². The molecule has 0 unspecified atom stereocenters. The maximum atomic E-state index is 5.89. The van der Waals surface area contributed by atoms with Gasteiger partial charge < -0.3 is 4.74 Å². The van der Waals surface area contributed by atoms with Crippen LogP contribution in [0.2, 0.25) is 0 Å². The summed E-state index contributed by atoms with van der Waals surface area (Å²) in [6.07, 6.45) is 4.05. The molecule has 0 aromatic rings. The Balaban J connectivity index is 2.22. The minimum atomic E-state index is 0.115. The minimum absolute atomic E-state index is 0.115. The van der Waals surface area contributed by atoms with Crippen LogP contribution in [-0.4, -0.2) is 11.7 Å². The first-order chi connectivity index (χ1) is 5.09. The monoisotopic (exact) mass is 152 g/mol. The summed E-state index contributed by atoms with van der Waals surface area (Å²) in [6.45, 7) is 8.44. The molecule has 62 valence electrons. The van der Waals surface area contributed by atoms with Crippen LogP contribution in [0.25, 0.3) is 0 Å². The third-order valence-corrected chi connectivity index (χ3v) is 3.20. The first kappa shape index (κ1) is 7.35. The number of ether oxygens (including phenoxy) is 1. The molecule has 2 bridgehead atoms. The molecule has 1 aliphatic carbocycles. The van der Waals surface area contributed by atoms with Crippen molar-refractivity contribution in [2.75, 3.05) is 0 Å². The third kappa shape index (κ3) is 1.02. The summed E-state index contributed by atoms with van der Waals surface area (Å²) in [5.74, 6) is 0.776. The lowest BCUT2D eigenvalue weighted by molar-refractivity contribution is -0.0112. The van der Waals surface area contributed by atoms with Crippen molar-refractivity contribution in [3.63, 3.8) is 0 Å². The van der Waals surface area contributed by atoms with E-state index in [2.05, 4.69) is 20.4 Å². The summed E-state index contributed by atoms with van der Waals surface area (Å²) in [6, 6.07) is 0. The molecule has 2 rings (SSSR count). The van der Waals surface area contributed by atoms with Gasteiger partial charge in [0.15, 0.2) is 0 Å². The predicted molar refractivity (Wildman–Crippen MR) is 45.4 cm³/mol. The normalized spacial score (nSPS) is 41.1. The van der Waals surface area contributed by atoms with Crippen molar-refractivity contribution < 1.29 is 4.74 Å². The van der Waals surface area contributed by atoms with Gasteiger partial charge >= 0.3 is 0 Å². The van der Waals surface area contributed by atoms with Crippen LogP contribution in [0.3, 0.4) is 0 Å². The average Bonchev–Trinajstić information content (AvgIpc) is 2.16. The summed E-state index contributed by atoms with van der Waals surface area (Å²) < 4.78 is 5.89. The van der Waals surface area contributed by atoms with E-state index in [9.17, 15) is 0 Å². The lowest BCUT2D eigenvalue weighted by Crippen LogP contribution is -2.26. The van der Waals surface area contributed by atoms with E-state index in [0.29, 0.717) is 6.10 Å². The number of rotatable bonds is 0. The van der Waals surface area contributed by atoms with E-state index in [4.69, 9.17) is 4.74 Å². The van der Waals surface area contributed by atoms with Crippen LogP contribution in [0.1, 0.15) is 33.1 Å². The van der Waals surface area contributed by atoms with Crippen molar-refractivity contribution in [1.29, 1.82) is 0 Å². The maximum Gasteiger partial charge on any atom is 0.0793 e. The molecule has 0 aromatic heterocycles.